The summed E-state index contributed by atoms with van der Waals surface area (Å²) >= 11 is 0. The van der Waals surface area contributed by atoms with Crippen molar-refractivity contribution in [2.24, 2.45) is 5.73 Å². The molecule has 0 aromatic carbocycles. The van der Waals surface area contributed by atoms with E-state index in [0.717, 1.165) is 6.42 Å². The molecular weight excluding hydrogens is 177 g/mol. The van der Waals surface area contributed by atoms with E-state index in [1.165, 1.54) is 6.08 Å². The predicted molar refractivity (Wildman–Crippen MR) is 64.6 cm³/mol. The zero-order valence-corrected chi connectivity index (χ0v) is 10.2. The van der Waals surface area contributed by atoms with Crippen LogP contribution in [0.4, 0.5) is 4.39 Å². The quantitative estimate of drug-likeness (QED) is 0.676. The van der Waals surface area contributed by atoms with Crippen LogP contribution in [0.15, 0.2) is 36.3 Å². The number of rotatable bonds is 3. The lowest BCUT2D eigenvalue weighted by molar-refractivity contribution is 0.648. The first-order valence-electron chi connectivity index (χ1n) is 5.07. The van der Waals surface area contributed by atoms with Crippen LogP contribution in [0, 0.1) is 0 Å². The van der Waals surface area contributed by atoms with Crippen molar-refractivity contribution < 1.29 is 4.39 Å². The van der Waals surface area contributed by atoms with E-state index in [0.29, 0.717) is 5.57 Å². The largest absolute Gasteiger partial charge is 0.397 e. The van der Waals surface area contributed by atoms with Crippen molar-refractivity contribution in [2.45, 2.75) is 41.0 Å². The fourth-order valence-electron chi connectivity index (χ4n) is 0.374. The topological polar surface area (TPSA) is 26.0 Å². The second-order valence-corrected chi connectivity index (χ2v) is 2.03. The third kappa shape index (κ3) is 13.5. The standard InChI is InChI=1S/C8H12FN.2C2H6/c1-4-6(2)5-8(9)7(3)10;2*1-2/h5H,2-4,10H2,1H3;2*1-2H3/b8-5+;;. The Hall–Kier alpha value is -1.05. The van der Waals surface area contributed by atoms with Crippen molar-refractivity contribution in [3.63, 3.8) is 0 Å². The molecule has 0 rings (SSSR count). The molecule has 0 aliphatic carbocycles. The van der Waals surface area contributed by atoms with Gasteiger partial charge in [0.05, 0.1) is 5.70 Å². The van der Waals surface area contributed by atoms with Gasteiger partial charge in [0.1, 0.15) is 5.83 Å². The molecule has 0 heterocycles. The molecule has 2 heteroatoms. The van der Waals surface area contributed by atoms with Gasteiger partial charge >= 0.3 is 0 Å². The van der Waals surface area contributed by atoms with Crippen LogP contribution >= 0.6 is 0 Å². The van der Waals surface area contributed by atoms with Crippen LogP contribution in [0.1, 0.15) is 41.0 Å². The van der Waals surface area contributed by atoms with Crippen LogP contribution in [-0.2, 0) is 0 Å². The molecule has 0 atom stereocenters. The van der Waals surface area contributed by atoms with Crippen molar-refractivity contribution in [1.29, 1.82) is 0 Å². The van der Waals surface area contributed by atoms with Crippen LogP contribution < -0.4 is 5.73 Å². The minimum atomic E-state index is -0.494. The molecule has 0 aliphatic heterocycles. The van der Waals surface area contributed by atoms with Gasteiger partial charge in [-0.05, 0) is 12.5 Å². The minimum Gasteiger partial charge on any atom is -0.397 e. The minimum absolute atomic E-state index is 0.0467. The molecule has 0 amide bonds. The average Bonchev–Trinajstić information content (AvgIpc) is 2.23. The lowest BCUT2D eigenvalue weighted by atomic mass is 10.2. The maximum absolute atomic E-state index is 12.5. The smallest absolute Gasteiger partial charge is 0.145 e. The van der Waals surface area contributed by atoms with Crippen molar-refractivity contribution in [2.75, 3.05) is 0 Å². The van der Waals surface area contributed by atoms with E-state index in [2.05, 4.69) is 13.2 Å². The Morgan fingerprint density at radius 2 is 1.57 bits per heavy atom. The first kappa shape index (κ1) is 18.7. The molecule has 2 N–H and O–H groups in total. The highest BCUT2D eigenvalue weighted by Gasteiger charge is 1.94. The van der Waals surface area contributed by atoms with E-state index < -0.39 is 5.83 Å². The Kier molecular flexibility index (Phi) is 19.3. The van der Waals surface area contributed by atoms with Crippen molar-refractivity contribution in [3.8, 4) is 0 Å². The van der Waals surface area contributed by atoms with Gasteiger partial charge in [0.2, 0.25) is 0 Å². The summed E-state index contributed by atoms with van der Waals surface area (Å²) in [5.41, 5.74) is 5.73. The second kappa shape index (κ2) is 14.5. The fourth-order valence-corrected chi connectivity index (χ4v) is 0.374. The second-order valence-electron chi connectivity index (χ2n) is 2.03. The Morgan fingerprint density at radius 3 is 1.79 bits per heavy atom. The Labute approximate surface area is 88.2 Å². The van der Waals surface area contributed by atoms with Crippen LogP contribution in [0.25, 0.3) is 0 Å². The zero-order chi connectivity index (χ0) is 12.1. The lowest BCUT2D eigenvalue weighted by Gasteiger charge is -1.95. The van der Waals surface area contributed by atoms with Gasteiger partial charge in [-0.1, -0.05) is 53.3 Å². The highest BCUT2D eigenvalue weighted by atomic mass is 19.1. The van der Waals surface area contributed by atoms with Gasteiger partial charge in [-0.3, -0.25) is 0 Å². The fraction of sp³-hybridized carbons (Fsp3) is 0.500. The van der Waals surface area contributed by atoms with Crippen molar-refractivity contribution in [3.05, 3.63) is 36.3 Å². The number of halogens is 1. The monoisotopic (exact) mass is 201 g/mol. The third-order valence-electron chi connectivity index (χ3n) is 1.09. The first-order valence-corrected chi connectivity index (χ1v) is 5.07. The molecular formula is C12H24FN. The zero-order valence-electron chi connectivity index (χ0n) is 10.2. The maximum atomic E-state index is 12.5. The summed E-state index contributed by atoms with van der Waals surface area (Å²) < 4.78 is 12.5. The van der Waals surface area contributed by atoms with Gasteiger partial charge in [0.25, 0.3) is 0 Å². The molecule has 1 nitrogen and oxygen atoms in total. The SMILES string of the molecule is C=C(/C=C(/F)C(=C)N)CC.CC.CC. The average molecular weight is 201 g/mol. The number of nitrogens with two attached hydrogens (primary N) is 1. The summed E-state index contributed by atoms with van der Waals surface area (Å²) in [5, 5.41) is 0. The molecule has 0 saturated carbocycles. The Morgan fingerprint density at radius 1 is 1.21 bits per heavy atom. The normalized spacial score (nSPS) is 8.86. The van der Waals surface area contributed by atoms with Gasteiger partial charge in [-0.15, -0.1) is 0 Å². The molecule has 0 aromatic heterocycles. The number of allylic oxidation sites excluding steroid dienone is 3. The highest BCUT2D eigenvalue weighted by molar-refractivity contribution is 5.27. The summed E-state index contributed by atoms with van der Waals surface area (Å²) in [7, 11) is 0. The highest BCUT2D eigenvalue weighted by Crippen LogP contribution is 2.08. The molecule has 0 aliphatic rings. The van der Waals surface area contributed by atoms with E-state index in [1.807, 2.05) is 34.6 Å². The van der Waals surface area contributed by atoms with Crippen LogP contribution in [0.3, 0.4) is 0 Å². The molecule has 0 unspecified atom stereocenters. The summed E-state index contributed by atoms with van der Waals surface area (Å²) in [6, 6.07) is 0. The van der Waals surface area contributed by atoms with Gasteiger partial charge < -0.3 is 5.73 Å². The molecule has 0 radical (unpaired) electrons. The summed E-state index contributed by atoms with van der Waals surface area (Å²) in [4.78, 5) is 0. The van der Waals surface area contributed by atoms with Crippen molar-refractivity contribution in [1.82, 2.24) is 0 Å². The summed E-state index contributed by atoms with van der Waals surface area (Å²) in [6.07, 6.45) is 2.02. The maximum Gasteiger partial charge on any atom is 0.145 e. The lowest BCUT2D eigenvalue weighted by Crippen LogP contribution is -1.94. The number of hydrogen-bond acceptors (Lipinski definition) is 1. The third-order valence-corrected chi connectivity index (χ3v) is 1.09. The summed E-state index contributed by atoms with van der Waals surface area (Å²) in [6.45, 7) is 16.7. The van der Waals surface area contributed by atoms with E-state index in [1.54, 1.807) is 0 Å². The molecule has 84 valence electrons. The Bertz CT molecular complexity index is 181. The van der Waals surface area contributed by atoms with Crippen LogP contribution in [0.2, 0.25) is 0 Å². The molecule has 14 heavy (non-hydrogen) atoms. The van der Waals surface area contributed by atoms with Crippen LogP contribution in [-0.4, -0.2) is 0 Å². The Balaban J connectivity index is -0.000000266. The molecule has 0 bridgehead atoms. The number of hydrogen-bond donors (Lipinski definition) is 1. The molecule has 0 aromatic rings. The van der Waals surface area contributed by atoms with E-state index in [9.17, 15) is 4.39 Å². The van der Waals surface area contributed by atoms with E-state index in [4.69, 9.17) is 5.73 Å². The van der Waals surface area contributed by atoms with Crippen molar-refractivity contribution >= 4 is 0 Å². The van der Waals surface area contributed by atoms with Gasteiger partial charge in [-0.2, -0.15) is 0 Å². The van der Waals surface area contributed by atoms with Gasteiger partial charge in [0, 0.05) is 0 Å². The van der Waals surface area contributed by atoms with Gasteiger partial charge in [0.15, 0.2) is 0 Å². The molecule has 0 spiro atoms. The molecule has 0 saturated heterocycles. The summed E-state index contributed by atoms with van der Waals surface area (Å²) in [5.74, 6) is -0.494. The first-order chi connectivity index (χ1) is 6.57. The van der Waals surface area contributed by atoms with Gasteiger partial charge in [-0.25, -0.2) is 4.39 Å². The predicted octanol–water partition coefficient (Wildman–Crippen LogP) is 4.33. The van der Waals surface area contributed by atoms with E-state index >= 15 is 0 Å². The van der Waals surface area contributed by atoms with Crippen LogP contribution in [0.5, 0.6) is 0 Å². The van der Waals surface area contributed by atoms with E-state index in [-0.39, 0.29) is 5.70 Å². The molecule has 0 fully saturated rings.